The number of aromatic nitrogens is 2. The lowest BCUT2D eigenvalue weighted by atomic mass is 10.3. The van der Waals surface area contributed by atoms with Crippen LogP contribution in [0.1, 0.15) is 6.92 Å². The van der Waals surface area contributed by atoms with E-state index < -0.39 is 0 Å². The van der Waals surface area contributed by atoms with Gasteiger partial charge in [0.05, 0.1) is 12.8 Å². The van der Waals surface area contributed by atoms with E-state index in [1.54, 1.807) is 0 Å². The molecule has 0 bridgehead atoms. The summed E-state index contributed by atoms with van der Waals surface area (Å²) in [6.45, 7) is 2.58. The van der Waals surface area contributed by atoms with Gasteiger partial charge < -0.3 is 10.1 Å². The lowest BCUT2D eigenvalue weighted by Crippen LogP contribution is -1.96. The van der Waals surface area contributed by atoms with Gasteiger partial charge in [-0.2, -0.15) is 4.98 Å². The van der Waals surface area contributed by atoms with Gasteiger partial charge in [0.15, 0.2) is 5.82 Å². The van der Waals surface area contributed by atoms with Gasteiger partial charge in [0, 0.05) is 5.69 Å². The number of rotatable bonds is 4. The summed E-state index contributed by atoms with van der Waals surface area (Å²) >= 11 is 11.7. The fourth-order valence-electron chi connectivity index (χ4n) is 1.37. The van der Waals surface area contributed by atoms with Crippen LogP contribution in [0.25, 0.3) is 0 Å². The first-order valence-electron chi connectivity index (χ1n) is 5.37. The third-order valence-corrected chi connectivity index (χ3v) is 2.60. The number of anilines is 2. The molecule has 18 heavy (non-hydrogen) atoms. The molecule has 0 aliphatic carbocycles. The minimum absolute atomic E-state index is 0.146. The Morgan fingerprint density at radius 1 is 1.22 bits per heavy atom. The Morgan fingerprint density at radius 2 is 1.94 bits per heavy atom. The molecule has 0 atom stereocenters. The molecule has 0 aliphatic rings. The number of hydrogen-bond acceptors (Lipinski definition) is 4. The van der Waals surface area contributed by atoms with E-state index in [2.05, 4.69) is 15.3 Å². The summed E-state index contributed by atoms with van der Waals surface area (Å²) < 4.78 is 5.35. The Kier molecular flexibility index (Phi) is 4.23. The number of nitrogens with one attached hydrogen (secondary N) is 1. The lowest BCUT2D eigenvalue weighted by Gasteiger charge is -2.08. The summed E-state index contributed by atoms with van der Waals surface area (Å²) in [5, 5.41) is 3.62. The van der Waals surface area contributed by atoms with E-state index in [1.165, 1.54) is 6.20 Å². The molecule has 4 nitrogen and oxygen atoms in total. The first-order valence-corrected chi connectivity index (χ1v) is 6.12. The molecule has 0 unspecified atom stereocenters. The molecule has 0 spiro atoms. The van der Waals surface area contributed by atoms with Crippen LogP contribution < -0.4 is 10.1 Å². The Hall–Kier alpha value is -1.52. The summed E-state index contributed by atoms with van der Waals surface area (Å²) in [5.41, 5.74) is 0.843. The van der Waals surface area contributed by atoms with Crippen molar-refractivity contribution in [1.29, 1.82) is 0 Å². The zero-order valence-corrected chi connectivity index (χ0v) is 11.2. The molecule has 1 aromatic heterocycles. The molecule has 1 heterocycles. The standard InChI is InChI=1S/C12H11Cl2N3O/c1-2-18-9-5-3-8(4-6-9)16-11-10(13)7-15-12(14)17-11/h3-7H,2H2,1H3,(H,15,16,17). The van der Waals surface area contributed by atoms with Gasteiger partial charge in [-0.3, -0.25) is 0 Å². The molecule has 0 aliphatic heterocycles. The van der Waals surface area contributed by atoms with Gasteiger partial charge in [0.1, 0.15) is 10.8 Å². The van der Waals surface area contributed by atoms with E-state index in [0.717, 1.165) is 11.4 Å². The lowest BCUT2D eigenvalue weighted by molar-refractivity contribution is 0.340. The van der Waals surface area contributed by atoms with Crippen LogP contribution in [0.2, 0.25) is 10.3 Å². The average molecular weight is 284 g/mol. The highest BCUT2D eigenvalue weighted by atomic mass is 35.5. The van der Waals surface area contributed by atoms with Crippen molar-refractivity contribution >= 4 is 34.7 Å². The second-order valence-corrected chi connectivity index (χ2v) is 4.16. The van der Waals surface area contributed by atoms with Crippen molar-refractivity contribution in [3.63, 3.8) is 0 Å². The first kappa shape index (κ1) is 12.9. The predicted octanol–water partition coefficient (Wildman–Crippen LogP) is 3.93. The van der Waals surface area contributed by atoms with Gasteiger partial charge in [-0.1, -0.05) is 11.6 Å². The number of ether oxygens (including phenoxy) is 1. The number of hydrogen-bond donors (Lipinski definition) is 1. The monoisotopic (exact) mass is 283 g/mol. The zero-order valence-electron chi connectivity index (χ0n) is 9.65. The molecule has 0 fully saturated rings. The Balaban J connectivity index is 2.15. The highest BCUT2D eigenvalue weighted by molar-refractivity contribution is 6.33. The fourth-order valence-corrected chi connectivity index (χ4v) is 1.64. The molecule has 0 saturated heterocycles. The van der Waals surface area contributed by atoms with Crippen molar-refractivity contribution in [2.75, 3.05) is 11.9 Å². The van der Waals surface area contributed by atoms with Gasteiger partial charge in [-0.15, -0.1) is 0 Å². The van der Waals surface area contributed by atoms with E-state index in [4.69, 9.17) is 27.9 Å². The van der Waals surface area contributed by atoms with Crippen molar-refractivity contribution in [3.05, 3.63) is 40.8 Å². The van der Waals surface area contributed by atoms with Crippen LogP contribution in [0.3, 0.4) is 0 Å². The third kappa shape index (κ3) is 3.24. The molecule has 6 heteroatoms. The zero-order chi connectivity index (χ0) is 13.0. The maximum atomic E-state index is 5.96. The second kappa shape index (κ2) is 5.89. The molecule has 1 aromatic carbocycles. The van der Waals surface area contributed by atoms with Crippen LogP contribution in [-0.2, 0) is 0 Å². The van der Waals surface area contributed by atoms with Crippen LogP contribution in [0.15, 0.2) is 30.5 Å². The van der Waals surface area contributed by atoms with E-state index in [9.17, 15) is 0 Å². The quantitative estimate of drug-likeness (QED) is 0.864. The smallest absolute Gasteiger partial charge is 0.224 e. The predicted molar refractivity (Wildman–Crippen MR) is 72.9 cm³/mol. The van der Waals surface area contributed by atoms with Gasteiger partial charge in [0.2, 0.25) is 5.28 Å². The Bertz CT molecular complexity index is 531. The highest BCUT2D eigenvalue weighted by Crippen LogP contribution is 2.24. The van der Waals surface area contributed by atoms with Gasteiger partial charge in [0.25, 0.3) is 0 Å². The largest absolute Gasteiger partial charge is 0.494 e. The van der Waals surface area contributed by atoms with Crippen molar-refractivity contribution in [3.8, 4) is 5.75 Å². The minimum Gasteiger partial charge on any atom is -0.494 e. The summed E-state index contributed by atoms with van der Waals surface area (Å²) in [6, 6.07) is 7.47. The van der Waals surface area contributed by atoms with Crippen molar-refractivity contribution < 1.29 is 4.74 Å². The SMILES string of the molecule is CCOc1ccc(Nc2nc(Cl)ncc2Cl)cc1. The first-order chi connectivity index (χ1) is 8.69. The summed E-state index contributed by atoms with van der Waals surface area (Å²) in [7, 11) is 0. The van der Waals surface area contributed by atoms with E-state index in [0.29, 0.717) is 17.4 Å². The van der Waals surface area contributed by atoms with Gasteiger partial charge >= 0.3 is 0 Å². The Labute approximate surface area is 115 Å². The molecular weight excluding hydrogens is 273 g/mol. The van der Waals surface area contributed by atoms with Crippen LogP contribution in [-0.4, -0.2) is 16.6 Å². The molecule has 2 aromatic rings. The van der Waals surface area contributed by atoms with Gasteiger partial charge in [-0.05, 0) is 42.8 Å². The molecule has 2 rings (SSSR count). The maximum Gasteiger partial charge on any atom is 0.224 e. The summed E-state index contributed by atoms with van der Waals surface area (Å²) in [6.07, 6.45) is 1.45. The fraction of sp³-hybridized carbons (Fsp3) is 0.167. The number of halogens is 2. The number of benzene rings is 1. The van der Waals surface area contributed by atoms with E-state index in [-0.39, 0.29) is 5.28 Å². The molecular formula is C12H11Cl2N3O. The average Bonchev–Trinajstić information content (AvgIpc) is 2.37. The maximum absolute atomic E-state index is 5.96. The highest BCUT2D eigenvalue weighted by Gasteiger charge is 2.04. The molecule has 0 radical (unpaired) electrons. The summed E-state index contributed by atoms with van der Waals surface area (Å²) in [4.78, 5) is 7.79. The van der Waals surface area contributed by atoms with Crippen molar-refractivity contribution in [2.45, 2.75) is 6.92 Å². The van der Waals surface area contributed by atoms with Gasteiger partial charge in [-0.25, -0.2) is 4.98 Å². The molecule has 0 amide bonds. The topological polar surface area (TPSA) is 47.0 Å². The number of nitrogens with zero attached hydrogens (tertiary/aromatic N) is 2. The normalized spacial score (nSPS) is 10.2. The second-order valence-electron chi connectivity index (χ2n) is 3.42. The van der Waals surface area contributed by atoms with Crippen molar-refractivity contribution in [2.24, 2.45) is 0 Å². The van der Waals surface area contributed by atoms with Crippen LogP contribution >= 0.6 is 23.2 Å². The van der Waals surface area contributed by atoms with Crippen LogP contribution in [0.5, 0.6) is 5.75 Å². The Morgan fingerprint density at radius 3 is 2.61 bits per heavy atom. The van der Waals surface area contributed by atoms with E-state index >= 15 is 0 Å². The van der Waals surface area contributed by atoms with Crippen LogP contribution in [0.4, 0.5) is 11.5 Å². The minimum atomic E-state index is 0.146. The van der Waals surface area contributed by atoms with Crippen LogP contribution in [0, 0.1) is 0 Å². The molecule has 94 valence electrons. The summed E-state index contributed by atoms with van der Waals surface area (Å²) in [5.74, 6) is 1.29. The molecule has 1 N–H and O–H groups in total. The molecule has 0 saturated carbocycles. The third-order valence-electron chi connectivity index (χ3n) is 2.14. The van der Waals surface area contributed by atoms with Crippen molar-refractivity contribution in [1.82, 2.24) is 9.97 Å². The van der Waals surface area contributed by atoms with E-state index in [1.807, 2.05) is 31.2 Å².